The van der Waals surface area contributed by atoms with Gasteiger partial charge in [-0.15, -0.1) is 0 Å². The maximum atomic E-state index is 3.96. The molecule has 0 radical (unpaired) electrons. The normalized spacial score (nSPS) is 10.9. The summed E-state index contributed by atoms with van der Waals surface area (Å²) < 4.78 is 0. The van der Waals surface area contributed by atoms with Crippen molar-refractivity contribution in [1.82, 2.24) is 0 Å². The summed E-state index contributed by atoms with van der Waals surface area (Å²) in [5, 5.41) is 0. The third kappa shape index (κ3) is 5.04. The minimum atomic E-state index is 0.766. The van der Waals surface area contributed by atoms with E-state index in [0.717, 1.165) is 12.1 Å². The Morgan fingerprint density at radius 3 is 2.80 bits per heavy atom. The second kappa shape index (κ2) is 6.02. The molecule has 0 atom stereocenters. The van der Waals surface area contributed by atoms with Crippen LogP contribution in [0.15, 0.2) is 42.1 Å². The molecule has 0 fully saturated rings. The standard InChI is InChI=1S/C9H13N/c1-4-6-7-9(3)10-8-5-2/h5-8H,2-4H2,1H3/b7-6+,10-8-. The first-order valence-electron chi connectivity index (χ1n) is 3.31. The molecule has 0 rings (SSSR count). The quantitative estimate of drug-likeness (QED) is 0.415. The molecule has 1 nitrogen and oxygen atoms in total. The van der Waals surface area contributed by atoms with Crippen LogP contribution in [-0.2, 0) is 0 Å². The molecule has 0 amide bonds. The van der Waals surface area contributed by atoms with Gasteiger partial charge in [0.1, 0.15) is 0 Å². The number of hydrogen-bond donors (Lipinski definition) is 0. The lowest BCUT2D eigenvalue weighted by Gasteiger charge is -1.85. The highest BCUT2D eigenvalue weighted by atomic mass is 14.7. The molecule has 0 aromatic rings. The SMILES string of the molecule is C=C/C=N\C(=C)/C=C/CC. The van der Waals surface area contributed by atoms with Gasteiger partial charge in [0.25, 0.3) is 0 Å². The zero-order valence-corrected chi connectivity index (χ0v) is 6.38. The third-order valence-electron chi connectivity index (χ3n) is 0.892. The fraction of sp³-hybridized carbons (Fsp3) is 0.222. The van der Waals surface area contributed by atoms with Crippen molar-refractivity contribution in [2.24, 2.45) is 4.99 Å². The predicted molar refractivity (Wildman–Crippen MR) is 47.3 cm³/mol. The molecule has 0 saturated heterocycles. The average Bonchev–Trinajstić information content (AvgIpc) is 1.97. The van der Waals surface area contributed by atoms with Crippen LogP contribution in [0.1, 0.15) is 13.3 Å². The first kappa shape index (κ1) is 8.89. The number of aliphatic imine (C=N–C) groups is 1. The van der Waals surface area contributed by atoms with Crippen LogP contribution in [0.4, 0.5) is 0 Å². The summed E-state index contributed by atoms with van der Waals surface area (Å²) in [5.74, 6) is 0. The molecule has 0 N–H and O–H groups in total. The fourth-order valence-corrected chi connectivity index (χ4v) is 0.445. The van der Waals surface area contributed by atoms with Crippen molar-refractivity contribution in [2.75, 3.05) is 0 Å². The van der Waals surface area contributed by atoms with Crippen molar-refractivity contribution in [3.63, 3.8) is 0 Å². The van der Waals surface area contributed by atoms with Crippen LogP contribution in [0.25, 0.3) is 0 Å². The van der Waals surface area contributed by atoms with E-state index in [2.05, 4.69) is 25.1 Å². The molecule has 0 aliphatic carbocycles. The molecule has 10 heavy (non-hydrogen) atoms. The monoisotopic (exact) mass is 135 g/mol. The Kier molecular flexibility index (Phi) is 5.35. The molecule has 54 valence electrons. The number of hydrogen-bond acceptors (Lipinski definition) is 1. The molecule has 1 heteroatoms. The summed E-state index contributed by atoms with van der Waals surface area (Å²) in [4.78, 5) is 3.96. The van der Waals surface area contributed by atoms with E-state index in [1.165, 1.54) is 0 Å². The Hall–Kier alpha value is -1.11. The van der Waals surface area contributed by atoms with Crippen LogP contribution in [0.2, 0.25) is 0 Å². The third-order valence-corrected chi connectivity index (χ3v) is 0.892. The lowest BCUT2D eigenvalue weighted by Crippen LogP contribution is -1.68. The highest BCUT2D eigenvalue weighted by molar-refractivity contribution is 5.71. The minimum absolute atomic E-state index is 0.766. The highest BCUT2D eigenvalue weighted by Crippen LogP contribution is 1.94. The molecule has 0 aromatic carbocycles. The maximum Gasteiger partial charge on any atom is 0.0554 e. The van der Waals surface area contributed by atoms with E-state index in [-0.39, 0.29) is 0 Å². The average molecular weight is 135 g/mol. The second-order valence-corrected chi connectivity index (χ2v) is 1.82. The zero-order chi connectivity index (χ0) is 7.82. The van der Waals surface area contributed by atoms with E-state index in [1.807, 2.05) is 12.2 Å². The van der Waals surface area contributed by atoms with Gasteiger partial charge in [0.15, 0.2) is 0 Å². The van der Waals surface area contributed by atoms with E-state index in [1.54, 1.807) is 12.3 Å². The van der Waals surface area contributed by atoms with Crippen LogP contribution in [0.5, 0.6) is 0 Å². The molecular formula is C9H13N. The van der Waals surface area contributed by atoms with Crippen LogP contribution < -0.4 is 0 Å². The van der Waals surface area contributed by atoms with Crippen molar-refractivity contribution < 1.29 is 0 Å². The van der Waals surface area contributed by atoms with Gasteiger partial charge in [-0.2, -0.15) is 0 Å². The molecule has 0 heterocycles. The molecule has 0 bridgehead atoms. The van der Waals surface area contributed by atoms with Crippen molar-refractivity contribution in [3.05, 3.63) is 37.1 Å². The number of nitrogens with zero attached hydrogens (tertiary/aromatic N) is 1. The Bertz CT molecular complexity index is 164. The van der Waals surface area contributed by atoms with Crippen molar-refractivity contribution in [2.45, 2.75) is 13.3 Å². The molecule has 0 aliphatic rings. The fourth-order valence-electron chi connectivity index (χ4n) is 0.445. The summed E-state index contributed by atoms with van der Waals surface area (Å²) >= 11 is 0. The van der Waals surface area contributed by atoms with E-state index < -0.39 is 0 Å². The molecule has 0 unspecified atom stereocenters. The largest absolute Gasteiger partial charge is 0.258 e. The maximum absolute atomic E-state index is 3.96. The second-order valence-electron chi connectivity index (χ2n) is 1.82. The van der Waals surface area contributed by atoms with Gasteiger partial charge in [0, 0.05) is 6.21 Å². The summed E-state index contributed by atoms with van der Waals surface area (Å²) in [5.41, 5.74) is 0.766. The highest BCUT2D eigenvalue weighted by Gasteiger charge is 1.75. The van der Waals surface area contributed by atoms with Crippen LogP contribution in [-0.4, -0.2) is 6.21 Å². The predicted octanol–water partition coefficient (Wildman–Crippen LogP) is 2.72. The van der Waals surface area contributed by atoms with Gasteiger partial charge in [-0.3, -0.25) is 4.99 Å². The van der Waals surface area contributed by atoms with E-state index in [0.29, 0.717) is 0 Å². The summed E-state index contributed by atoms with van der Waals surface area (Å²) in [6, 6.07) is 0. The Balaban J connectivity index is 3.74. The van der Waals surface area contributed by atoms with Crippen molar-refractivity contribution in [1.29, 1.82) is 0 Å². The molecule has 0 saturated carbocycles. The van der Waals surface area contributed by atoms with E-state index in [9.17, 15) is 0 Å². The summed E-state index contributed by atoms with van der Waals surface area (Å²) in [7, 11) is 0. The number of allylic oxidation sites excluding steroid dienone is 3. The summed E-state index contributed by atoms with van der Waals surface area (Å²) in [6.07, 6.45) is 8.18. The van der Waals surface area contributed by atoms with Crippen LogP contribution in [0, 0.1) is 0 Å². The summed E-state index contributed by atoms with van der Waals surface area (Å²) in [6.45, 7) is 9.27. The van der Waals surface area contributed by atoms with E-state index in [4.69, 9.17) is 0 Å². The van der Waals surface area contributed by atoms with Gasteiger partial charge in [0.2, 0.25) is 0 Å². The minimum Gasteiger partial charge on any atom is -0.258 e. The first-order valence-corrected chi connectivity index (χ1v) is 3.31. The van der Waals surface area contributed by atoms with Gasteiger partial charge in [0.05, 0.1) is 5.70 Å². The van der Waals surface area contributed by atoms with Gasteiger partial charge >= 0.3 is 0 Å². The van der Waals surface area contributed by atoms with Crippen LogP contribution >= 0.6 is 0 Å². The number of rotatable bonds is 4. The van der Waals surface area contributed by atoms with Crippen molar-refractivity contribution >= 4 is 6.21 Å². The lowest BCUT2D eigenvalue weighted by molar-refractivity contribution is 1.21. The topological polar surface area (TPSA) is 12.4 Å². The van der Waals surface area contributed by atoms with Crippen molar-refractivity contribution in [3.8, 4) is 0 Å². The first-order chi connectivity index (χ1) is 4.81. The van der Waals surface area contributed by atoms with E-state index >= 15 is 0 Å². The van der Waals surface area contributed by atoms with Gasteiger partial charge in [-0.1, -0.05) is 32.2 Å². The van der Waals surface area contributed by atoms with Gasteiger partial charge < -0.3 is 0 Å². The zero-order valence-electron chi connectivity index (χ0n) is 6.38. The molecular weight excluding hydrogens is 122 g/mol. The molecule has 0 spiro atoms. The Labute approximate surface area is 62.5 Å². The Morgan fingerprint density at radius 1 is 1.60 bits per heavy atom. The molecule has 0 aliphatic heterocycles. The smallest absolute Gasteiger partial charge is 0.0554 e. The van der Waals surface area contributed by atoms with Gasteiger partial charge in [-0.05, 0) is 12.5 Å². The van der Waals surface area contributed by atoms with Crippen LogP contribution in [0.3, 0.4) is 0 Å². The lowest BCUT2D eigenvalue weighted by atomic mass is 10.4. The molecule has 0 aromatic heterocycles. The Morgan fingerprint density at radius 2 is 2.30 bits per heavy atom. The van der Waals surface area contributed by atoms with Gasteiger partial charge in [-0.25, -0.2) is 0 Å².